The van der Waals surface area contributed by atoms with E-state index < -0.39 is 23.4 Å². The Morgan fingerprint density at radius 2 is 1.65 bits per heavy atom. The van der Waals surface area contributed by atoms with E-state index in [1.165, 1.54) is 6.21 Å². The summed E-state index contributed by atoms with van der Waals surface area (Å²) in [6.45, 7) is 0. The highest BCUT2D eigenvalue weighted by Crippen LogP contribution is 2.24. The SMILES string of the molecule is O=C(N[C@@H](C(=O)N/N=C\c1cccc(Cl)c1Cl)c1n[nH]c(=O)c2ccccc12)c1ccccc1. The van der Waals surface area contributed by atoms with Gasteiger partial charge in [0.25, 0.3) is 17.4 Å². The van der Waals surface area contributed by atoms with Crippen molar-refractivity contribution < 1.29 is 9.59 Å². The number of aromatic nitrogens is 2. The molecule has 1 heterocycles. The molecule has 34 heavy (non-hydrogen) atoms. The minimum absolute atomic E-state index is 0.160. The Hall–Kier alpha value is -4.01. The largest absolute Gasteiger partial charge is 0.335 e. The summed E-state index contributed by atoms with van der Waals surface area (Å²) in [5, 5.41) is 14.4. The number of hydrazone groups is 1. The number of hydrogen-bond acceptors (Lipinski definition) is 5. The number of fused-ring (bicyclic) bond motifs is 1. The molecule has 8 nitrogen and oxygen atoms in total. The van der Waals surface area contributed by atoms with Crippen LogP contribution in [0.25, 0.3) is 10.8 Å². The van der Waals surface area contributed by atoms with E-state index >= 15 is 0 Å². The van der Waals surface area contributed by atoms with Gasteiger partial charge in [-0.25, -0.2) is 10.5 Å². The number of carbonyl (C=O) groups excluding carboxylic acids is 2. The average Bonchev–Trinajstić information content (AvgIpc) is 2.86. The molecule has 0 aliphatic heterocycles. The van der Waals surface area contributed by atoms with Gasteiger partial charge in [-0.1, -0.05) is 71.7 Å². The summed E-state index contributed by atoms with van der Waals surface area (Å²) in [4.78, 5) is 38.2. The van der Waals surface area contributed by atoms with Crippen molar-refractivity contribution in [1.82, 2.24) is 20.9 Å². The lowest BCUT2D eigenvalue weighted by molar-refractivity contribution is -0.123. The zero-order valence-corrected chi connectivity index (χ0v) is 19.0. The van der Waals surface area contributed by atoms with Gasteiger partial charge in [0.05, 0.1) is 21.6 Å². The van der Waals surface area contributed by atoms with Crippen LogP contribution in [0.5, 0.6) is 0 Å². The van der Waals surface area contributed by atoms with Gasteiger partial charge in [0, 0.05) is 16.5 Å². The highest BCUT2D eigenvalue weighted by molar-refractivity contribution is 6.43. The maximum atomic E-state index is 13.2. The van der Waals surface area contributed by atoms with Crippen molar-refractivity contribution in [3.63, 3.8) is 0 Å². The van der Waals surface area contributed by atoms with E-state index in [0.29, 0.717) is 26.9 Å². The van der Waals surface area contributed by atoms with Crippen LogP contribution in [-0.2, 0) is 4.79 Å². The number of nitrogens with zero attached hydrogens (tertiary/aromatic N) is 2. The molecular formula is C24H17Cl2N5O3. The third-order valence-electron chi connectivity index (χ3n) is 4.93. The molecule has 3 N–H and O–H groups in total. The van der Waals surface area contributed by atoms with Crippen molar-refractivity contribution in [3.8, 4) is 0 Å². The Balaban J connectivity index is 1.68. The zero-order valence-electron chi connectivity index (χ0n) is 17.5. The number of nitrogens with one attached hydrogen (secondary N) is 3. The normalized spacial score (nSPS) is 11.9. The van der Waals surface area contributed by atoms with Gasteiger partial charge >= 0.3 is 0 Å². The van der Waals surface area contributed by atoms with E-state index in [-0.39, 0.29) is 10.7 Å². The number of benzene rings is 3. The van der Waals surface area contributed by atoms with Crippen LogP contribution in [-0.4, -0.2) is 28.2 Å². The van der Waals surface area contributed by atoms with Crippen LogP contribution in [0.1, 0.15) is 27.7 Å². The summed E-state index contributed by atoms with van der Waals surface area (Å²) in [6, 6.07) is 18.8. The first-order valence-corrected chi connectivity index (χ1v) is 10.8. The summed E-state index contributed by atoms with van der Waals surface area (Å²) in [7, 11) is 0. The fourth-order valence-corrected chi connectivity index (χ4v) is 3.62. The van der Waals surface area contributed by atoms with Gasteiger partial charge in [0.2, 0.25) is 0 Å². The van der Waals surface area contributed by atoms with Crippen molar-refractivity contribution in [3.05, 3.63) is 110 Å². The Morgan fingerprint density at radius 1 is 0.941 bits per heavy atom. The van der Waals surface area contributed by atoms with E-state index in [2.05, 4.69) is 26.0 Å². The fraction of sp³-hybridized carbons (Fsp3) is 0.0417. The molecule has 2 amide bonds. The monoisotopic (exact) mass is 493 g/mol. The molecule has 10 heteroatoms. The molecule has 0 saturated carbocycles. The maximum absolute atomic E-state index is 13.2. The van der Waals surface area contributed by atoms with E-state index in [9.17, 15) is 14.4 Å². The minimum atomic E-state index is -1.26. The van der Waals surface area contributed by atoms with Crippen molar-refractivity contribution in [2.24, 2.45) is 5.10 Å². The molecule has 0 aliphatic rings. The first-order chi connectivity index (χ1) is 16.5. The van der Waals surface area contributed by atoms with Crippen molar-refractivity contribution >= 4 is 52.0 Å². The Bertz CT molecular complexity index is 1450. The molecule has 1 aromatic heterocycles. The molecule has 0 saturated heterocycles. The number of amides is 2. The molecule has 0 bridgehead atoms. The molecule has 4 aromatic rings. The number of aromatic amines is 1. The van der Waals surface area contributed by atoms with Crippen molar-refractivity contribution in [2.75, 3.05) is 0 Å². The average molecular weight is 494 g/mol. The lowest BCUT2D eigenvalue weighted by Gasteiger charge is -2.18. The summed E-state index contributed by atoms with van der Waals surface area (Å²) >= 11 is 12.2. The van der Waals surface area contributed by atoms with E-state index in [4.69, 9.17) is 23.2 Å². The quantitative estimate of drug-likeness (QED) is 0.279. The second-order valence-electron chi connectivity index (χ2n) is 7.13. The topological polar surface area (TPSA) is 116 Å². The molecule has 0 spiro atoms. The minimum Gasteiger partial charge on any atom is -0.335 e. The number of carbonyl (C=O) groups is 2. The molecule has 4 rings (SSSR count). The summed E-state index contributed by atoms with van der Waals surface area (Å²) in [6.07, 6.45) is 1.33. The van der Waals surface area contributed by atoms with Gasteiger partial charge in [-0.2, -0.15) is 10.2 Å². The zero-order chi connectivity index (χ0) is 24.1. The number of halogens is 2. The van der Waals surface area contributed by atoms with E-state index in [1.54, 1.807) is 72.8 Å². The summed E-state index contributed by atoms with van der Waals surface area (Å²) < 4.78 is 0. The van der Waals surface area contributed by atoms with Gasteiger partial charge < -0.3 is 5.32 Å². The van der Waals surface area contributed by atoms with E-state index in [1.807, 2.05) is 0 Å². The van der Waals surface area contributed by atoms with Crippen LogP contribution in [0.2, 0.25) is 10.0 Å². The first kappa shape index (κ1) is 23.2. The number of hydrogen-bond donors (Lipinski definition) is 3. The lowest BCUT2D eigenvalue weighted by atomic mass is 10.0. The van der Waals surface area contributed by atoms with Crippen molar-refractivity contribution in [2.45, 2.75) is 6.04 Å². The van der Waals surface area contributed by atoms with Crippen molar-refractivity contribution in [1.29, 1.82) is 0 Å². The maximum Gasteiger partial charge on any atom is 0.272 e. The Morgan fingerprint density at radius 3 is 2.41 bits per heavy atom. The number of H-pyrrole nitrogens is 1. The third kappa shape index (κ3) is 4.98. The molecular weight excluding hydrogens is 477 g/mol. The summed E-state index contributed by atoms with van der Waals surface area (Å²) in [5.41, 5.74) is 2.98. The molecule has 170 valence electrons. The van der Waals surface area contributed by atoms with Crippen LogP contribution >= 0.6 is 23.2 Å². The second-order valence-corrected chi connectivity index (χ2v) is 7.92. The van der Waals surface area contributed by atoms with Gasteiger partial charge in [-0.15, -0.1) is 0 Å². The molecule has 0 fully saturated rings. The molecule has 3 aromatic carbocycles. The smallest absolute Gasteiger partial charge is 0.272 e. The van der Waals surface area contributed by atoms with Crippen LogP contribution in [0.4, 0.5) is 0 Å². The predicted molar refractivity (Wildman–Crippen MR) is 131 cm³/mol. The predicted octanol–water partition coefficient (Wildman–Crippen LogP) is 3.85. The molecule has 0 radical (unpaired) electrons. The standard InChI is InChI=1S/C24H17Cl2N5O3/c25-18-12-6-9-15(19(18)26)13-27-30-24(34)21(28-22(32)14-7-2-1-3-8-14)20-16-10-4-5-11-17(16)23(33)31-29-20/h1-13,21H,(H,28,32)(H,30,34)(H,31,33)/b27-13-/t21-/m1/s1. The Labute approximate surface area is 203 Å². The van der Waals surface area contributed by atoms with Gasteiger partial charge in [-0.3, -0.25) is 14.4 Å². The lowest BCUT2D eigenvalue weighted by Crippen LogP contribution is -2.40. The van der Waals surface area contributed by atoms with Crippen LogP contribution < -0.4 is 16.3 Å². The molecule has 0 unspecified atom stereocenters. The van der Waals surface area contributed by atoms with Gasteiger partial charge in [-0.05, 0) is 24.3 Å². The van der Waals surface area contributed by atoms with Crippen LogP contribution in [0, 0.1) is 0 Å². The van der Waals surface area contributed by atoms with Crippen LogP contribution in [0.3, 0.4) is 0 Å². The number of rotatable bonds is 6. The second kappa shape index (κ2) is 10.3. The van der Waals surface area contributed by atoms with Crippen LogP contribution in [0.15, 0.2) is 82.7 Å². The van der Waals surface area contributed by atoms with E-state index in [0.717, 1.165) is 0 Å². The first-order valence-electron chi connectivity index (χ1n) is 10.1. The fourth-order valence-electron chi connectivity index (χ4n) is 3.27. The Kier molecular flexibility index (Phi) is 7.01. The third-order valence-corrected chi connectivity index (χ3v) is 5.77. The van der Waals surface area contributed by atoms with Gasteiger partial charge in [0.1, 0.15) is 5.69 Å². The summed E-state index contributed by atoms with van der Waals surface area (Å²) in [5.74, 6) is -1.18. The highest BCUT2D eigenvalue weighted by atomic mass is 35.5. The molecule has 0 aliphatic carbocycles. The molecule has 1 atom stereocenters. The van der Waals surface area contributed by atoms with Gasteiger partial charge in [0.15, 0.2) is 6.04 Å². The highest BCUT2D eigenvalue weighted by Gasteiger charge is 2.27.